The van der Waals surface area contributed by atoms with Crippen molar-refractivity contribution in [2.24, 2.45) is 5.92 Å². The van der Waals surface area contributed by atoms with Crippen LogP contribution in [0.4, 0.5) is 10.1 Å². The van der Waals surface area contributed by atoms with Crippen LogP contribution in [0.25, 0.3) is 11.1 Å². The molecule has 0 unspecified atom stereocenters. The van der Waals surface area contributed by atoms with Gasteiger partial charge in [0.15, 0.2) is 0 Å². The van der Waals surface area contributed by atoms with Crippen LogP contribution >= 0.6 is 0 Å². The summed E-state index contributed by atoms with van der Waals surface area (Å²) < 4.78 is 18.3. The van der Waals surface area contributed by atoms with E-state index in [4.69, 9.17) is 4.52 Å². The number of aromatic nitrogens is 1. The number of carbonyl (C=O) groups is 2. The van der Waals surface area contributed by atoms with Gasteiger partial charge >= 0.3 is 0 Å². The van der Waals surface area contributed by atoms with E-state index in [0.29, 0.717) is 35.8 Å². The third kappa shape index (κ3) is 4.50. The van der Waals surface area contributed by atoms with Crippen LogP contribution in [0.2, 0.25) is 0 Å². The molecular weight excluding hydrogens is 397 g/mol. The Kier molecular flexibility index (Phi) is 5.84. The second-order valence-electron chi connectivity index (χ2n) is 7.87. The number of carbonyl (C=O) groups excluding carboxylic acids is 2. The molecule has 0 aliphatic carbocycles. The average Bonchev–Trinajstić information content (AvgIpc) is 3.12. The lowest BCUT2D eigenvalue weighted by molar-refractivity contribution is -0.121. The quantitative estimate of drug-likeness (QED) is 0.669. The van der Waals surface area contributed by atoms with Crippen molar-refractivity contribution >= 4 is 17.5 Å². The SMILES string of the molecule is Cc1noc(C)c1C(=O)N1CCC[C@H](C(=O)Nc2cccc(-c3ccc(F)cc3)c2)C1. The van der Waals surface area contributed by atoms with E-state index in [1.165, 1.54) is 12.1 Å². The summed E-state index contributed by atoms with van der Waals surface area (Å²) in [6.07, 6.45) is 1.47. The van der Waals surface area contributed by atoms with E-state index in [1.54, 1.807) is 30.9 Å². The topological polar surface area (TPSA) is 75.4 Å². The molecule has 2 heterocycles. The monoisotopic (exact) mass is 421 g/mol. The van der Waals surface area contributed by atoms with Gasteiger partial charge < -0.3 is 14.7 Å². The molecule has 1 atom stereocenters. The van der Waals surface area contributed by atoms with Crippen LogP contribution in [0.15, 0.2) is 53.1 Å². The standard InChI is InChI=1S/C24H24FN3O3/c1-15-22(16(2)31-27-15)24(30)28-12-4-6-19(14-28)23(29)26-21-7-3-5-18(13-21)17-8-10-20(25)11-9-17/h3,5,7-11,13,19H,4,6,12,14H2,1-2H3,(H,26,29)/t19-/m0/s1. The minimum atomic E-state index is -0.298. The lowest BCUT2D eigenvalue weighted by Crippen LogP contribution is -2.44. The van der Waals surface area contributed by atoms with Gasteiger partial charge in [-0.25, -0.2) is 4.39 Å². The summed E-state index contributed by atoms with van der Waals surface area (Å²) in [6, 6.07) is 13.7. The van der Waals surface area contributed by atoms with E-state index in [2.05, 4.69) is 10.5 Å². The Morgan fingerprint density at radius 3 is 2.61 bits per heavy atom. The number of likely N-dealkylation sites (tertiary alicyclic amines) is 1. The molecule has 160 valence electrons. The number of nitrogens with zero attached hydrogens (tertiary/aromatic N) is 2. The van der Waals surface area contributed by atoms with Gasteiger partial charge in [0.05, 0.1) is 11.6 Å². The Morgan fingerprint density at radius 1 is 1.13 bits per heavy atom. The van der Waals surface area contributed by atoms with Gasteiger partial charge in [-0.3, -0.25) is 9.59 Å². The fraction of sp³-hybridized carbons (Fsp3) is 0.292. The molecule has 1 aromatic heterocycles. The third-order valence-electron chi connectivity index (χ3n) is 5.63. The van der Waals surface area contributed by atoms with Crippen molar-refractivity contribution in [1.29, 1.82) is 0 Å². The van der Waals surface area contributed by atoms with Gasteiger partial charge in [-0.05, 0) is 62.1 Å². The van der Waals surface area contributed by atoms with Crippen molar-refractivity contribution < 1.29 is 18.5 Å². The molecule has 7 heteroatoms. The largest absolute Gasteiger partial charge is 0.361 e. The van der Waals surface area contributed by atoms with Gasteiger partial charge in [-0.1, -0.05) is 29.4 Å². The van der Waals surface area contributed by atoms with Gasteiger partial charge in [-0.2, -0.15) is 0 Å². The van der Waals surface area contributed by atoms with E-state index < -0.39 is 0 Å². The summed E-state index contributed by atoms with van der Waals surface area (Å²) in [6.45, 7) is 4.42. The van der Waals surface area contributed by atoms with Gasteiger partial charge in [0, 0.05) is 18.8 Å². The normalized spacial score (nSPS) is 16.2. The van der Waals surface area contributed by atoms with Crippen LogP contribution in [-0.4, -0.2) is 35.0 Å². The van der Waals surface area contributed by atoms with Crippen molar-refractivity contribution in [1.82, 2.24) is 10.1 Å². The first kappa shape index (κ1) is 20.8. The van der Waals surface area contributed by atoms with Crippen LogP contribution in [0.5, 0.6) is 0 Å². The number of aryl methyl sites for hydroxylation is 2. The molecule has 3 aromatic rings. The molecule has 1 aliphatic heterocycles. The molecule has 0 spiro atoms. The molecule has 2 aromatic carbocycles. The zero-order valence-electron chi connectivity index (χ0n) is 17.5. The summed E-state index contributed by atoms with van der Waals surface area (Å²) >= 11 is 0. The molecule has 6 nitrogen and oxygen atoms in total. The highest BCUT2D eigenvalue weighted by Gasteiger charge is 2.31. The number of nitrogens with one attached hydrogen (secondary N) is 1. The molecule has 31 heavy (non-hydrogen) atoms. The first-order chi connectivity index (χ1) is 14.9. The van der Waals surface area contributed by atoms with Gasteiger partial charge in [-0.15, -0.1) is 0 Å². The Hall–Kier alpha value is -3.48. The van der Waals surface area contributed by atoms with Crippen LogP contribution in [0.1, 0.15) is 34.7 Å². The van der Waals surface area contributed by atoms with Gasteiger partial charge in [0.2, 0.25) is 5.91 Å². The molecule has 1 fully saturated rings. The average molecular weight is 421 g/mol. The Bertz CT molecular complexity index is 1090. The number of halogens is 1. The van der Waals surface area contributed by atoms with Crippen LogP contribution in [0.3, 0.4) is 0 Å². The van der Waals surface area contributed by atoms with E-state index in [9.17, 15) is 14.0 Å². The first-order valence-electron chi connectivity index (χ1n) is 10.3. The number of hydrogen-bond donors (Lipinski definition) is 1. The minimum Gasteiger partial charge on any atom is -0.361 e. The summed E-state index contributed by atoms with van der Waals surface area (Å²) in [4.78, 5) is 27.5. The number of piperidine rings is 1. The van der Waals surface area contributed by atoms with Crippen LogP contribution < -0.4 is 5.32 Å². The maximum Gasteiger partial charge on any atom is 0.259 e. The summed E-state index contributed by atoms with van der Waals surface area (Å²) in [5.74, 6) is -0.361. The lowest BCUT2D eigenvalue weighted by Gasteiger charge is -2.32. The zero-order valence-corrected chi connectivity index (χ0v) is 17.5. The molecule has 4 rings (SSSR count). The lowest BCUT2D eigenvalue weighted by atomic mass is 9.96. The fourth-order valence-corrected chi connectivity index (χ4v) is 3.99. The molecule has 0 radical (unpaired) electrons. The van der Waals surface area contributed by atoms with Crippen molar-refractivity contribution in [2.75, 3.05) is 18.4 Å². The number of benzene rings is 2. The van der Waals surface area contributed by atoms with Crippen LogP contribution in [0, 0.1) is 25.6 Å². The number of anilines is 1. The van der Waals surface area contributed by atoms with E-state index in [-0.39, 0.29) is 23.5 Å². The van der Waals surface area contributed by atoms with Crippen molar-refractivity contribution in [2.45, 2.75) is 26.7 Å². The third-order valence-corrected chi connectivity index (χ3v) is 5.63. The van der Waals surface area contributed by atoms with Crippen molar-refractivity contribution in [3.63, 3.8) is 0 Å². The number of amides is 2. The number of rotatable bonds is 4. The molecule has 2 amide bonds. The molecular formula is C24H24FN3O3. The molecule has 1 N–H and O–H groups in total. The van der Waals surface area contributed by atoms with Crippen molar-refractivity contribution in [3.8, 4) is 11.1 Å². The molecule has 1 aliphatic rings. The van der Waals surface area contributed by atoms with E-state index in [0.717, 1.165) is 24.0 Å². The van der Waals surface area contributed by atoms with E-state index in [1.807, 2.05) is 24.3 Å². The Morgan fingerprint density at radius 2 is 1.90 bits per heavy atom. The summed E-state index contributed by atoms with van der Waals surface area (Å²) in [5, 5.41) is 6.83. The van der Waals surface area contributed by atoms with Crippen molar-refractivity contribution in [3.05, 3.63) is 71.4 Å². The first-order valence-corrected chi connectivity index (χ1v) is 10.3. The second kappa shape index (κ2) is 8.71. The molecule has 0 bridgehead atoms. The minimum absolute atomic E-state index is 0.118. The zero-order chi connectivity index (χ0) is 22.0. The van der Waals surface area contributed by atoms with Gasteiger partial charge in [0.25, 0.3) is 5.91 Å². The number of hydrogen-bond acceptors (Lipinski definition) is 4. The predicted molar refractivity (Wildman–Crippen MR) is 115 cm³/mol. The highest BCUT2D eigenvalue weighted by Crippen LogP contribution is 2.25. The maximum absolute atomic E-state index is 13.2. The fourth-order valence-electron chi connectivity index (χ4n) is 3.99. The Labute approximate surface area is 180 Å². The van der Waals surface area contributed by atoms with Gasteiger partial charge in [0.1, 0.15) is 17.1 Å². The predicted octanol–water partition coefficient (Wildman–Crippen LogP) is 4.59. The molecule has 1 saturated heterocycles. The van der Waals surface area contributed by atoms with Crippen LogP contribution in [-0.2, 0) is 4.79 Å². The highest BCUT2D eigenvalue weighted by atomic mass is 19.1. The highest BCUT2D eigenvalue weighted by molar-refractivity contribution is 5.97. The smallest absolute Gasteiger partial charge is 0.259 e. The second-order valence-corrected chi connectivity index (χ2v) is 7.87. The summed E-state index contributed by atoms with van der Waals surface area (Å²) in [7, 11) is 0. The Balaban J connectivity index is 1.44. The maximum atomic E-state index is 13.2. The van der Waals surface area contributed by atoms with E-state index >= 15 is 0 Å². The summed E-state index contributed by atoms with van der Waals surface area (Å²) in [5.41, 5.74) is 3.46. The molecule has 0 saturated carbocycles.